The number of ketones is 1. The molecule has 0 radical (unpaired) electrons. The number of piperidine rings is 1. The van der Waals surface area contributed by atoms with Crippen molar-refractivity contribution in [2.75, 3.05) is 13.1 Å². The zero-order valence-corrected chi connectivity index (χ0v) is 14.5. The van der Waals surface area contributed by atoms with Gasteiger partial charge in [0.15, 0.2) is 5.78 Å². The van der Waals surface area contributed by atoms with Crippen molar-refractivity contribution in [2.24, 2.45) is 5.92 Å². The number of likely N-dealkylation sites (tertiary alicyclic amines) is 1. The zero-order chi connectivity index (χ0) is 17.8. The van der Waals surface area contributed by atoms with Crippen LogP contribution in [0.4, 0.5) is 0 Å². The maximum absolute atomic E-state index is 12.4. The van der Waals surface area contributed by atoms with Gasteiger partial charge in [-0.15, -0.1) is 0 Å². The van der Waals surface area contributed by atoms with E-state index in [4.69, 9.17) is 5.11 Å². The minimum Gasteiger partial charge on any atom is -0.481 e. The number of carbonyl (C=O) groups is 3. The van der Waals surface area contributed by atoms with Crippen LogP contribution in [0.25, 0.3) is 0 Å². The number of benzene rings is 1. The van der Waals surface area contributed by atoms with Crippen LogP contribution >= 0.6 is 0 Å². The van der Waals surface area contributed by atoms with Crippen molar-refractivity contribution in [1.29, 1.82) is 0 Å². The summed E-state index contributed by atoms with van der Waals surface area (Å²) in [5.74, 6) is -1.44. The highest BCUT2D eigenvalue weighted by Crippen LogP contribution is 2.23. The SMILES string of the molecule is O=C(CCC(=O)N1CCCC(C(=O)O)C1)c1ccc2c(c1)CCCC2. The van der Waals surface area contributed by atoms with Crippen LogP contribution in [0.15, 0.2) is 18.2 Å². The van der Waals surface area contributed by atoms with Crippen LogP contribution in [-0.2, 0) is 22.4 Å². The highest BCUT2D eigenvalue weighted by Gasteiger charge is 2.28. The first kappa shape index (κ1) is 17.6. The zero-order valence-electron chi connectivity index (χ0n) is 14.5. The highest BCUT2D eigenvalue weighted by molar-refractivity contribution is 5.98. The minimum absolute atomic E-state index is 0.00600. The van der Waals surface area contributed by atoms with E-state index in [2.05, 4.69) is 0 Å². The van der Waals surface area contributed by atoms with E-state index in [0.29, 0.717) is 24.9 Å². The topological polar surface area (TPSA) is 74.7 Å². The molecule has 1 aliphatic heterocycles. The number of fused-ring (bicyclic) bond motifs is 1. The molecule has 0 saturated carbocycles. The number of hydrogen-bond donors (Lipinski definition) is 1. The molecule has 2 aliphatic rings. The normalized spacial score (nSPS) is 20.0. The molecule has 1 saturated heterocycles. The van der Waals surface area contributed by atoms with Gasteiger partial charge in [-0.2, -0.15) is 0 Å². The lowest BCUT2D eigenvalue weighted by Gasteiger charge is -2.30. The largest absolute Gasteiger partial charge is 0.481 e. The molecule has 1 fully saturated rings. The summed E-state index contributed by atoms with van der Waals surface area (Å²) in [4.78, 5) is 37.4. The van der Waals surface area contributed by atoms with Crippen LogP contribution in [0, 0.1) is 5.92 Å². The Balaban J connectivity index is 1.55. The highest BCUT2D eigenvalue weighted by atomic mass is 16.4. The van der Waals surface area contributed by atoms with E-state index < -0.39 is 11.9 Å². The van der Waals surface area contributed by atoms with Gasteiger partial charge in [0.2, 0.25) is 5.91 Å². The van der Waals surface area contributed by atoms with Crippen molar-refractivity contribution in [1.82, 2.24) is 4.90 Å². The van der Waals surface area contributed by atoms with Crippen LogP contribution in [-0.4, -0.2) is 40.8 Å². The molecule has 1 unspecified atom stereocenters. The van der Waals surface area contributed by atoms with E-state index in [9.17, 15) is 14.4 Å². The average Bonchev–Trinajstić information content (AvgIpc) is 2.65. The molecule has 1 N–H and O–H groups in total. The Labute approximate surface area is 148 Å². The minimum atomic E-state index is -0.845. The van der Waals surface area contributed by atoms with Crippen LogP contribution in [0.3, 0.4) is 0 Å². The Hall–Kier alpha value is -2.17. The van der Waals surface area contributed by atoms with Crippen LogP contribution < -0.4 is 0 Å². The van der Waals surface area contributed by atoms with E-state index in [-0.39, 0.29) is 31.1 Å². The van der Waals surface area contributed by atoms with E-state index in [1.165, 1.54) is 24.0 Å². The Kier molecular flexibility index (Phi) is 5.51. The van der Waals surface area contributed by atoms with Crippen molar-refractivity contribution < 1.29 is 19.5 Å². The van der Waals surface area contributed by atoms with Crippen LogP contribution in [0.5, 0.6) is 0 Å². The predicted molar refractivity (Wildman–Crippen MR) is 93.6 cm³/mol. The summed E-state index contributed by atoms with van der Waals surface area (Å²) in [5, 5.41) is 9.11. The summed E-state index contributed by atoms with van der Waals surface area (Å²) >= 11 is 0. The number of aryl methyl sites for hydroxylation is 2. The predicted octanol–water partition coefficient (Wildman–Crippen LogP) is 2.85. The van der Waals surface area contributed by atoms with Gasteiger partial charge in [0.1, 0.15) is 0 Å². The third-order valence-electron chi connectivity index (χ3n) is 5.36. The van der Waals surface area contributed by atoms with Gasteiger partial charge in [0.05, 0.1) is 5.92 Å². The molecule has 0 spiro atoms. The van der Waals surface area contributed by atoms with Gasteiger partial charge in [-0.25, -0.2) is 0 Å². The molecule has 3 rings (SSSR count). The van der Waals surface area contributed by atoms with Crippen molar-refractivity contribution in [3.05, 3.63) is 34.9 Å². The summed E-state index contributed by atoms with van der Waals surface area (Å²) in [6.07, 6.45) is 6.16. The lowest BCUT2D eigenvalue weighted by molar-refractivity contribution is -0.145. The molecule has 134 valence electrons. The van der Waals surface area contributed by atoms with Gasteiger partial charge in [0.25, 0.3) is 0 Å². The number of hydrogen-bond acceptors (Lipinski definition) is 3. The monoisotopic (exact) mass is 343 g/mol. The number of aliphatic carboxylic acids is 1. The molecule has 0 aromatic heterocycles. The molecule has 1 atom stereocenters. The first-order chi connectivity index (χ1) is 12.0. The third-order valence-corrected chi connectivity index (χ3v) is 5.36. The van der Waals surface area contributed by atoms with Gasteiger partial charge >= 0.3 is 5.97 Å². The fourth-order valence-electron chi connectivity index (χ4n) is 3.84. The molecule has 25 heavy (non-hydrogen) atoms. The van der Waals surface area contributed by atoms with Gasteiger partial charge in [-0.05, 0) is 55.7 Å². The molecule has 0 bridgehead atoms. The van der Waals surface area contributed by atoms with Crippen LogP contribution in [0.2, 0.25) is 0 Å². The fourth-order valence-corrected chi connectivity index (χ4v) is 3.84. The number of Topliss-reactive ketones (excluding diaryl/α,β-unsaturated/α-hetero) is 1. The smallest absolute Gasteiger partial charge is 0.308 e. The Morgan fingerprint density at radius 3 is 2.56 bits per heavy atom. The lowest BCUT2D eigenvalue weighted by Crippen LogP contribution is -2.42. The van der Waals surface area contributed by atoms with Crippen molar-refractivity contribution in [3.8, 4) is 0 Å². The number of nitrogens with zero attached hydrogens (tertiary/aromatic N) is 1. The molecular formula is C20H25NO4. The second-order valence-electron chi connectivity index (χ2n) is 7.13. The van der Waals surface area contributed by atoms with E-state index in [1.54, 1.807) is 4.90 Å². The van der Waals surface area contributed by atoms with Crippen molar-refractivity contribution in [2.45, 2.75) is 51.4 Å². The standard InChI is InChI=1S/C20H25NO4/c22-18(16-8-7-14-4-1-2-5-15(14)12-16)9-10-19(23)21-11-3-6-17(13-21)20(24)25/h7-8,12,17H,1-6,9-11,13H2,(H,24,25). The maximum atomic E-state index is 12.4. The first-order valence-electron chi connectivity index (χ1n) is 9.20. The molecule has 5 heteroatoms. The summed E-state index contributed by atoms with van der Waals surface area (Å²) in [5.41, 5.74) is 3.30. The van der Waals surface area contributed by atoms with Gasteiger partial charge in [0, 0.05) is 31.5 Å². The molecule has 5 nitrogen and oxygen atoms in total. The Bertz CT molecular complexity index is 682. The summed E-state index contributed by atoms with van der Waals surface area (Å²) < 4.78 is 0. The second kappa shape index (κ2) is 7.81. The summed E-state index contributed by atoms with van der Waals surface area (Å²) in [6.45, 7) is 0.858. The molecule has 1 amide bonds. The number of carboxylic acid groups (broad SMARTS) is 1. The van der Waals surface area contributed by atoms with Gasteiger partial charge < -0.3 is 10.0 Å². The number of carboxylic acids is 1. The first-order valence-corrected chi connectivity index (χ1v) is 9.20. The quantitative estimate of drug-likeness (QED) is 0.834. The number of rotatable bonds is 5. The maximum Gasteiger partial charge on any atom is 0.308 e. The Morgan fingerprint density at radius 2 is 1.80 bits per heavy atom. The van der Waals surface area contributed by atoms with Gasteiger partial charge in [-0.1, -0.05) is 12.1 Å². The van der Waals surface area contributed by atoms with Crippen molar-refractivity contribution in [3.63, 3.8) is 0 Å². The van der Waals surface area contributed by atoms with Crippen molar-refractivity contribution >= 4 is 17.7 Å². The van der Waals surface area contributed by atoms with Gasteiger partial charge in [-0.3, -0.25) is 14.4 Å². The Morgan fingerprint density at radius 1 is 1.04 bits per heavy atom. The number of carbonyl (C=O) groups excluding carboxylic acids is 2. The molecular weight excluding hydrogens is 318 g/mol. The molecule has 1 aliphatic carbocycles. The molecule has 1 heterocycles. The summed E-state index contributed by atoms with van der Waals surface area (Å²) in [7, 11) is 0. The average molecular weight is 343 g/mol. The number of amides is 1. The molecule has 1 aromatic carbocycles. The summed E-state index contributed by atoms with van der Waals surface area (Å²) in [6, 6.07) is 5.91. The lowest BCUT2D eigenvalue weighted by atomic mass is 9.89. The van der Waals surface area contributed by atoms with Crippen LogP contribution in [0.1, 0.15) is 60.0 Å². The van der Waals surface area contributed by atoms with E-state index in [1.807, 2.05) is 18.2 Å². The van der Waals surface area contributed by atoms with E-state index >= 15 is 0 Å². The second-order valence-corrected chi connectivity index (χ2v) is 7.13. The third kappa shape index (κ3) is 4.27. The fraction of sp³-hybridized carbons (Fsp3) is 0.550. The molecule has 1 aromatic rings. The van der Waals surface area contributed by atoms with E-state index in [0.717, 1.165) is 12.8 Å².